The molecule has 1 saturated heterocycles. The van der Waals surface area contributed by atoms with Gasteiger partial charge in [-0.1, -0.05) is 91.0 Å². The molecular weight excluding hydrogens is 482 g/mol. The molecule has 2 heterocycles. The molecule has 0 saturated carbocycles. The van der Waals surface area contributed by atoms with Crippen LogP contribution < -0.4 is 10.1 Å². The van der Waals surface area contributed by atoms with Gasteiger partial charge >= 0.3 is 6.01 Å². The molecule has 6 rings (SSSR count). The second-order valence-corrected chi connectivity index (χ2v) is 10.1. The van der Waals surface area contributed by atoms with Gasteiger partial charge in [0.15, 0.2) is 0 Å². The average molecular weight is 516 g/mol. The number of hydrogen-bond acceptors (Lipinski definition) is 5. The fraction of sp³-hybridized carbons (Fsp3) is 0.235. The van der Waals surface area contributed by atoms with E-state index in [1.54, 1.807) is 0 Å². The number of benzene rings is 4. The van der Waals surface area contributed by atoms with E-state index in [2.05, 4.69) is 106 Å². The predicted octanol–water partition coefficient (Wildman–Crippen LogP) is 6.58. The highest BCUT2D eigenvalue weighted by molar-refractivity contribution is 5.82. The Balaban J connectivity index is 1.02. The second kappa shape index (κ2) is 12.2. The van der Waals surface area contributed by atoms with E-state index in [0.717, 1.165) is 31.5 Å². The Bertz CT molecular complexity index is 1490. The van der Waals surface area contributed by atoms with Gasteiger partial charge in [-0.25, -0.2) is 9.97 Å². The first-order chi connectivity index (χ1) is 19.3. The summed E-state index contributed by atoms with van der Waals surface area (Å²) >= 11 is 0. The molecule has 1 aromatic heterocycles. The lowest BCUT2D eigenvalue weighted by molar-refractivity contribution is 0.0105. The van der Waals surface area contributed by atoms with E-state index in [9.17, 15) is 0 Å². The molecule has 39 heavy (non-hydrogen) atoms. The molecule has 2 unspecified atom stereocenters. The van der Waals surface area contributed by atoms with Gasteiger partial charge in [0, 0.05) is 31.3 Å². The van der Waals surface area contributed by atoms with Crippen LogP contribution in [0.15, 0.2) is 109 Å². The number of piperidine rings is 1. The lowest BCUT2D eigenvalue weighted by Gasteiger charge is -2.32. The lowest BCUT2D eigenvalue weighted by Crippen LogP contribution is -2.41. The molecule has 0 radical (unpaired) electrons. The SMILES string of the molecule is c1ccc(-c2ccc(CCOc3ncc(C4CCNCC4OCc4ccc5ccccc5c4)cn3)cc2)cc1. The first-order valence-electron chi connectivity index (χ1n) is 13.7. The first kappa shape index (κ1) is 25.2. The zero-order valence-corrected chi connectivity index (χ0v) is 22.0. The van der Waals surface area contributed by atoms with Crippen LogP contribution in [0.2, 0.25) is 0 Å². The number of aromatic nitrogens is 2. The van der Waals surface area contributed by atoms with Crippen molar-refractivity contribution in [3.05, 3.63) is 126 Å². The predicted molar refractivity (Wildman–Crippen MR) is 156 cm³/mol. The molecule has 196 valence electrons. The van der Waals surface area contributed by atoms with Crippen molar-refractivity contribution in [2.24, 2.45) is 0 Å². The highest BCUT2D eigenvalue weighted by atomic mass is 16.5. The largest absolute Gasteiger partial charge is 0.463 e. The third kappa shape index (κ3) is 6.33. The maximum absolute atomic E-state index is 6.42. The van der Waals surface area contributed by atoms with Crippen LogP contribution in [0.1, 0.15) is 29.0 Å². The molecule has 5 nitrogen and oxygen atoms in total. The van der Waals surface area contributed by atoms with Crippen LogP contribution in [0.25, 0.3) is 21.9 Å². The summed E-state index contributed by atoms with van der Waals surface area (Å²) < 4.78 is 12.3. The Morgan fingerprint density at radius 2 is 1.46 bits per heavy atom. The monoisotopic (exact) mass is 515 g/mol. The third-order valence-corrected chi connectivity index (χ3v) is 7.46. The van der Waals surface area contributed by atoms with Crippen LogP contribution in [0.4, 0.5) is 0 Å². The van der Waals surface area contributed by atoms with Gasteiger partial charge in [0.25, 0.3) is 0 Å². The molecular formula is C34H33N3O2. The molecule has 1 fully saturated rings. The summed E-state index contributed by atoms with van der Waals surface area (Å²) in [5, 5.41) is 5.97. The maximum atomic E-state index is 6.42. The van der Waals surface area contributed by atoms with Crippen molar-refractivity contribution >= 4 is 10.8 Å². The number of rotatable bonds is 9. The highest BCUT2D eigenvalue weighted by Gasteiger charge is 2.28. The van der Waals surface area contributed by atoms with Crippen molar-refractivity contribution in [2.45, 2.75) is 31.5 Å². The van der Waals surface area contributed by atoms with Crippen molar-refractivity contribution in [1.29, 1.82) is 0 Å². The van der Waals surface area contributed by atoms with E-state index in [-0.39, 0.29) is 12.0 Å². The highest BCUT2D eigenvalue weighted by Crippen LogP contribution is 2.28. The van der Waals surface area contributed by atoms with Gasteiger partial charge in [-0.2, -0.15) is 0 Å². The molecule has 1 aliphatic heterocycles. The first-order valence-corrected chi connectivity index (χ1v) is 13.7. The summed E-state index contributed by atoms with van der Waals surface area (Å²) in [5.74, 6) is 0.254. The molecule has 1 N–H and O–H groups in total. The van der Waals surface area contributed by atoms with Crippen LogP contribution in [-0.4, -0.2) is 35.8 Å². The zero-order chi connectivity index (χ0) is 26.3. The second-order valence-electron chi connectivity index (χ2n) is 10.1. The average Bonchev–Trinajstić information content (AvgIpc) is 3.01. The van der Waals surface area contributed by atoms with Crippen molar-refractivity contribution in [3.63, 3.8) is 0 Å². The fourth-order valence-electron chi connectivity index (χ4n) is 5.27. The summed E-state index contributed by atoms with van der Waals surface area (Å²) in [7, 11) is 0. The standard InChI is InChI=1S/C34H33N3O2/c1-2-6-27(7-3-1)29-13-10-25(11-14-29)17-19-38-34-36-21-31(22-37-34)32-16-18-35-23-33(32)39-24-26-12-15-28-8-4-5-9-30(28)20-26/h1-15,20-22,32-33,35H,16-19,23-24H2. The van der Waals surface area contributed by atoms with E-state index >= 15 is 0 Å². The number of nitrogens with one attached hydrogen (secondary N) is 1. The van der Waals surface area contributed by atoms with Crippen LogP contribution in [0, 0.1) is 0 Å². The van der Waals surface area contributed by atoms with Crippen LogP contribution in [0.3, 0.4) is 0 Å². The van der Waals surface area contributed by atoms with Crippen LogP contribution >= 0.6 is 0 Å². The Morgan fingerprint density at radius 1 is 0.744 bits per heavy atom. The number of nitrogens with zero attached hydrogens (tertiary/aromatic N) is 2. The van der Waals surface area contributed by atoms with Gasteiger partial charge in [-0.3, -0.25) is 0 Å². The van der Waals surface area contributed by atoms with E-state index in [4.69, 9.17) is 9.47 Å². The summed E-state index contributed by atoms with van der Waals surface area (Å²) in [6.07, 6.45) is 5.67. The van der Waals surface area contributed by atoms with Crippen molar-refractivity contribution in [2.75, 3.05) is 19.7 Å². The number of fused-ring (bicyclic) bond motifs is 1. The van der Waals surface area contributed by atoms with E-state index in [1.807, 2.05) is 18.5 Å². The summed E-state index contributed by atoms with van der Waals surface area (Å²) in [4.78, 5) is 9.03. The van der Waals surface area contributed by atoms with Gasteiger partial charge in [0.05, 0.1) is 19.3 Å². The van der Waals surface area contributed by atoms with Crippen LogP contribution in [-0.2, 0) is 17.8 Å². The van der Waals surface area contributed by atoms with Crippen molar-refractivity contribution in [1.82, 2.24) is 15.3 Å². The van der Waals surface area contributed by atoms with Gasteiger partial charge in [0.2, 0.25) is 0 Å². The number of hydrogen-bond donors (Lipinski definition) is 1. The van der Waals surface area contributed by atoms with E-state index < -0.39 is 0 Å². The molecule has 5 heteroatoms. The van der Waals surface area contributed by atoms with Gasteiger partial charge < -0.3 is 14.8 Å². The summed E-state index contributed by atoms with van der Waals surface area (Å²) in [6, 6.07) is 34.4. The third-order valence-electron chi connectivity index (χ3n) is 7.46. The molecule has 4 aromatic carbocycles. The topological polar surface area (TPSA) is 56.3 Å². The summed E-state index contributed by atoms with van der Waals surface area (Å²) in [5.41, 5.74) is 5.96. The quantitative estimate of drug-likeness (QED) is 0.240. The summed E-state index contributed by atoms with van der Waals surface area (Å²) in [6.45, 7) is 2.90. The Kier molecular flexibility index (Phi) is 7.89. The lowest BCUT2D eigenvalue weighted by atomic mass is 9.89. The van der Waals surface area contributed by atoms with Gasteiger partial charge in [-0.15, -0.1) is 0 Å². The normalized spacial score (nSPS) is 17.2. The smallest absolute Gasteiger partial charge is 0.316 e. The minimum atomic E-state index is 0.0689. The number of ether oxygens (including phenoxy) is 2. The van der Waals surface area contributed by atoms with E-state index in [0.29, 0.717) is 19.2 Å². The minimum Gasteiger partial charge on any atom is -0.463 e. The minimum absolute atomic E-state index is 0.0689. The van der Waals surface area contributed by atoms with Crippen molar-refractivity contribution in [3.8, 4) is 17.1 Å². The fourth-order valence-corrected chi connectivity index (χ4v) is 5.27. The molecule has 1 aliphatic rings. The Morgan fingerprint density at radius 3 is 2.28 bits per heavy atom. The molecule has 0 aliphatic carbocycles. The molecule has 2 atom stereocenters. The van der Waals surface area contributed by atoms with Gasteiger partial charge in [0.1, 0.15) is 0 Å². The zero-order valence-electron chi connectivity index (χ0n) is 22.0. The molecule has 5 aromatic rings. The Hall–Kier alpha value is -4.06. The van der Waals surface area contributed by atoms with Gasteiger partial charge in [-0.05, 0) is 57.6 Å². The molecule has 0 amide bonds. The molecule has 0 spiro atoms. The molecule has 0 bridgehead atoms. The van der Waals surface area contributed by atoms with E-state index in [1.165, 1.54) is 33.0 Å². The van der Waals surface area contributed by atoms with Crippen molar-refractivity contribution < 1.29 is 9.47 Å². The van der Waals surface area contributed by atoms with Crippen LogP contribution in [0.5, 0.6) is 6.01 Å². The maximum Gasteiger partial charge on any atom is 0.316 e. The Labute approximate surface area is 229 Å².